The third-order valence-electron chi connectivity index (χ3n) is 0.937. The Kier molecular flexibility index (Phi) is 46.3. The summed E-state index contributed by atoms with van der Waals surface area (Å²) >= 11 is 0. The summed E-state index contributed by atoms with van der Waals surface area (Å²) in [6.45, 7) is 6.64. The summed E-state index contributed by atoms with van der Waals surface area (Å²) in [6, 6.07) is 0. The van der Waals surface area contributed by atoms with E-state index in [0.717, 1.165) is 38.7 Å². The maximum absolute atomic E-state index is 9.00. The Morgan fingerprint density at radius 2 is 0.815 bits per heavy atom. The first-order chi connectivity index (χ1) is 11.9. The Hall–Kier alpha value is -2.28. The average molecular weight is 404 g/mol. The lowest BCUT2D eigenvalue weighted by Gasteiger charge is -2.21. The van der Waals surface area contributed by atoms with Crippen LogP contribution in [0.25, 0.3) is 0 Å². The van der Waals surface area contributed by atoms with Gasteiger partial charge in [-0.15, -0.1) is 0 Å². The monoisotopic (exact) mass is 404 g/mol. The summed E-state index contributed by atoms with van der Waals surface area (Å²) in [7, 11) is 6.16. The molecule has 0 unspecified atom stereocenters. The summed E-state index contributed by atoms with van der Waals surface area (Å²) in [5.41, 5.74) is 9.81. The van der Waals surface area contributed by atoms with Gasteiger partial charge < -0.3 is 41.5 Å². The van der Waals surface area contributed by atoms with Gasteiger partial charge in [-0.05, 0) is 0 Å². The van der Waals surface area contributed by atoms with Crippen molar-refractivity contribution in [1.82, 2.24) is 0 Å². The van der Waals surface area contributed by atoms with Gasteiger partial charge in [0.15, 0.2) is 0 Å². The number of carboxylic acid groups (broad SMARTS) is 4. The van der Waals surface area contributed by atoms with Gasteiger partial charge in [0.1, 0.15) is 6.54 Å². The fourth-order valence-electron chi connectivity index (χ4n) is 0.300. The molecule has 0 aromatic carbocycles. The Morgan fingerprint density at radius 1 is 0.667 bits per heavy atom. The molecule has 27 heavy (non-hydrogen) atoms. The summed E-state index contributed by atoms with van der Waals surface area (Å²) in [4.78, 5) is 36.0. The molecule has 0 bridgehead atoms. The number of hydrogen-bond acceptors (Lipinski definition) is 7. The molecule has 12 heteroatoms. The summed E-state index contributed by atoms with van der Waals surface area (Å²) < 4.78 is 0.844. The standard InChI is InChI=1S/C5H14NO.C2H8N2.4C2H4O2/c1-6(2,3)4-5-7;3-1-2-4;4*1-2(3)4/h7H,4-5H2,1-3H3;1-4H2;4*1H3,(H,3,4)/q+1;;;;;. The van der Waals surface area contributed by atoms with E-state index in [1.165, 1.54) is 0 Å². The molecule has 0 aromatic rings. The largest absolute Gasteiger partial charge is 0.481 e. The fraction of sp³-hybridized carbons (Fsp3) is 0.733. The van der Waals surface area contributed by atoms with E-state index in [4.69, 9.17) is 56.2 Å². The van der Waals surface area contributed by atoms with Crippen LogP contribution in [0, 0.1) is 0 Å². The first-order valence-electron chi connectivity index (χ1n) is 7.50. The number of carboxylic acids is 4. The number of aliphatic hydroxyl groups excluding tert-OH is 1. The summed E-state index contributed by atoms with van der Waals surface area (Å²) in [5, 5.41) is 38.1. The second kappa shape index (κ2) is 31.5. The lowest BCUT2D eigenvalue weighted by molar-refractivity contribution is -0.870. The van der Waals surface area contributed by atoms with Crippen molar-refractivity contribution in [1.29, 1.82) is 0 Å². The molecule has 9 N–H and O–H groups in total. The molecule has 166 valence electrons. The molecule has 0 aliphatic carbocycles. The smallest absolute Gasteiger partial charge is 0.300 e. The van der Waals surface area contributed by atoms with Crippen LogP contribution in [-0.4, -0.2) is 101 Å². The van der Waals surface area contributed by atoms with Crippen molar-refractivity contribution in [2.24, 2.45) is 11.5 Å². The van der Waals surface area contributed by atoms with Crippen LogP contribution in [0.5, 0.6) is 0 Å². The molecule has 0 aromatic heterocycles. The number of aliphatic hydroxyl groups is 1. The Balaban J connectivity index is -0.0000000500. The van der Waals surface area contributed by atoms with Crippen LogP contribution >= 0.6 is 0 Å². The molecule has 0 atom stereocenters. The van der Waals surface area contributed by atoms with E-state index in [9.17, 15) is 0 Å². The molecule has 12 nitrogen and oxygen atoms in total. The van der Waals surface area contributed by atoms with Crippen molar-refractivity contribution >= 4 is 23.9 Å². The van der Waals surface area contributed by atoms with Gasteiger partial charge in [0, 0.05) is 40.8 Å². The molecule has 0 heterocycles. The van der Waals surface area contributed by atoms with Gasteiger partial charge in [-0.25, -0.2) is 0 Å². The van der Waals surface area contributed by atoms with Crippen LogP contribution in [0.4, 0.5) is 0 Å². The third-order valence-corrected chi connectivity index (χ3v) is 0.937. The highest BCUT2D eigenvalue weighted by molar-refractivity contribution is 5.63. The number of hydrogen-bond donors (Lipinski definition) is 7. The Bertz CT molecular complexity index is 291. The predicted octanol–water partition coefficient (Wildman–Crippen LogP) is -1.05. The van der Waals surface area contributed by atoms with Crippen LogP contribution in [0.3, 0.4) is 0 Å². The van der Waals surface area contributed by atoms with Crippen LogP contribution in [-0.2, 0) is 19.2 Å². The van der Waals surface area contributed by atoms with Crippen LogP contribution in [0.2, 0.25) is 0 Å². The molecule has 0 spiro atoms. The van der Waals surface area contributed by atoms with Crippen molar-refractivity contribution in [3.63, 3.8) is 0 Å². The fourth-order valence-corrected chi connectivity index (χ4v) is 0.300. The lowest BCUT2D eigenvalue weighted by atomic mass is 10.5. The third kappa shape index (κ3) is 1510. The Morgan fingerprint density at radius 3 is 0.815 bits per heavy atom. The van der Waals surface area contributed by atoms with E-state index >= 15 is 0 Å². The van der Waals surface area contributed by atoms with E-state index in [2.05, 4.69) is 21.1 Å². The molecule has 0 rings (SSSR count). The zero-order valence-electron chi connectivity index (χ0n) is 17.3. The number of nitrogens with two attached hydrogens (primary N) is 2. The first kappa shape index (κ1) is 39.7. The highest BCUT2D eigenvalue weighted by Gasteiger charge is 2.02. The van der Waals surface area contributed by atoms with Crippen molar-refractivity contribution in [3.05, 3.63) is 0 Å². The van der Waals surface area contributed by atoms with E-state index in [0.29, 0.717) is 13.1 Å². The molecular formula is C15H38N3O9+. The average Bonchev–Trinajstić information content (AvgIpc) is 2.34. The number of quaternary nitrogens is 1. The quantitative estimate of drug-likeness (QED) is 0.281. The second-order valence-corrected chi connectivity index (χ2v) is 5.39. The predicted molar refractivity (Wildman–Crippen MR) is 101 cm³/mol. The van der Waals surface area contributed by atoms with E-state index < -0.39 is 23.9 Å². The second-order valence-electron chi connectivity index (χ2n) is 5.39. The number of carbonyl (C=O) groups is 4. The summed E-state index contributed by atoms with van der Waals surface area (Å²) in [6.07, 6.45) is 0. The molecule has 0 radical (unpaired) electrons. The lowest BCUT2D eigenvalue weighted by Crippen LogP contribution is -2.36. The van der Waals surface area contributed by atoms with Gasteiger partial charge >= 0.3 is 0 Å². The van der Waals surface area contributed by atoms with Crippen LogP contribution < -0.4 is 11.5 Å². The molecule has 0 aliphatic rings. The van der Waals surface area contributed by atoms with Crippen LogP contribution in [0.1, 0.15) is 27.7 Å². The van der Waals surface area contributed by atoms with Crippen molar-refractivity contribution in [2.45, 2.75) is 27.7 Å². The van der Waals surface area contributed by atoms with Gasteiger partial charge in [-0.1, -0.05) is 0 Å². The first-order valence-corrected chi connectivity index (χ1v) is 7.50. The maximum Gasteiger partial charge on any atom is 0.300 e. The SMILES string of the molecule is CC(=O)O.CC(=O)O.CC(=O)O.CC(=O)O.C[N+](C)(C)CCO.NCCN. The summed E-state index contributed by atoms with van der Waals surface area (Å²) in [5.74, 6) is -3.33. The Labute approximate surface area is 160 Å². The zero-order chi connectivity index (χ0) is 23.6. The van der Waals surface area contributed by atoms with Gasteiger partial charge in [0.05, 0.1) is 27.7 Å². The topological polar surface area (TPSA) is 221 Å². The van der Waals surface area contributed by atoms with Crippen molar-refractivity contribution in [3.8, 4) is 0 Å². The number of nitrogens with zero attached hydrogens (tertiary/aromatic N) is 1. The van der Waals surface area contributed by atoms with Gasteiger partial charge in [-0.2, -0.15) is 0 Å². The maximum atomic E-state index is 9.00. The molecule has 0 amide bonds. The molecule has 0 aliphatic heterocycles. The molecule has 0 fully saturated rings. The van der Waals surface area contributed by atoms with Gasteiger partial charge in [-0.3, -0.25) is 19.2 Å². The normalized spacial score (nSPS) is 7.93. The minimum atomic E-state index is -0.833. The number of aliphatic carboxylic acids is 4. The molecular weight excluding hydrogens is 366 g/mol. The highest BCUT2D eigenvalue weighted by atomic mass is 16.4. The highest BCUT2D eigenvalue weighted by Crippen LogP contribution is 1.84. The van der Waals surface area contributed by atoms with Crippen molar-refractivity contribution < 1.29 is 49.2 Å². The van der Waals surface area contributed by atoms with Crippen LogP contribution in [0.15, 0.2) is 0 Å². The van der Waals surface area contributed by atoms with E-state index in [1.807, 2.05) is 0 Å². The number of rotatable bonds is 3. The molecule has 0 saturated carbocycles. The van der Waals surface area contributed by atoms with Crippen molar-refractivity contribution in [2.75, 3.05) is 47.4 Å². The van der Waals surface area contributed by atoms with E-state index in [-0.39, 0.29) is 6.61 Å². The van der Waals surface area contributed by atoms with Gasteiger partial charge in [0.25, 0.3) is 23.9 Å². The minimum absolute atomic E-state index is 0.281. The zero-order valence-corrected chi connectivity index (χ0v) is 17.3. The number of likely N-dealkylation sites (N-methyl/N-ethyl adjacent to an activating group) is 1. The molecule has 0 saturated heterocycles. The minimum Gasteiger partial charge on any atom is -0.481 e. The van der Waals surface area contributed by atoms with Gasteiger partial charge in [0.2, 0.25) is 0 Å². The van der Waals surface area contributed by atoms with E-state index in [1.54, 1.807) is 0 Å².